The number of allylic oxidation sites excluding steroid dienone is 19. The summed E-state index contributed by atoms with van der Waals surface area (Å²) < 4.78 is 22.8. The highest BCUT2D eigenvalue weighted by atomic mass is 16.7. The van der Waals surface area contributed by atoms with E-state index in [0.29, 0.717) is 6.42 Å². The number of hydrogen-bond donors (Lipinski definition) is 9. The average molecular weight is 1250 g/mol. The van der Waals surface area contributed by atoms with E-state index >= 15 is 0 Å². The van der Waals surface area contributed by atoms with Crippen LogP contribution in [0.3, 0.4) is 0 Å². The van der Waals surface area contributed by atoms with Gasteiger partial charge in [0.15, 0.2) is 12.6 Å². The number of unbranched alkanes of at least 4 members (excludes halogenated alkanes) is 25. The number of carbonyl (C=O) groups is 1. The first-order valence-electron chi connectivity index (χ1n) is 35.3. The Balaban J connectivity index is 1.72. The van der Waals surface area contributed by atoms with Gasteiger partial charge in [-0.15, -0.1) is 0 Å². The van der Waals surface area contributed by atoms with Gasteiger partial charge in [-0.2, -0.15) is 0 Å². The molecule has 2 fully saturated rings. The van der Waals surface area contributed by atoms with Crippen molar-refractivity contribution in [2.75, 3.05) is 19.8 Å². The lowest BCUT2D eigenvalue weighted by molar-refractivity contribution is -0.359. The second-order valence-corrected chi connectivity index (χ2v) is 24.3. The predicted octanol–water partition coefficient (Wildman–Crippen LogP) is 14.5. The Kier molecular flexibility index (Phi) is 53.3. The van der Waals surface area contributed by atoms with Crippen LogP contribution < -0.4 is 5.32 Å². The molecule has 14 heteroatoms. The molecule has 510 valence electrons. The molecule has 0 aromatic rings. The molecule has 2 saturated heterocycles. The van der Waals surface area contributed by atoms with Crippen molar-refractivity contribution in [2.45, 2.75) is 325 Å². The minimum atomic E-state index is -1.80. The van der Waals surface area contributed by atoms with Gasteiger partial charge in [-0.05, 0) is 89.9 Å². The Labute approximate surface area is 539 Å². The second kappa shape index (κ2) is 58.2. The molecule has 0 spiro atoms. The highest BCUT2D eigenvalue weighted by Gasteiger charge is 2.51. The van der Waals surface area contributed by atoms with Gasteiger partial charge in [0.25, 0.3) is 0 Å². The Hall–Kier alpha value is -3.61. The molecule has 89 heavy (non-hydrogen) atoms. The van der Waals surface area contributed by atoms with Gasteiger partial charge < -0.3 is 65.1 Å². The number of nitrogens with one attached hydrogen (secondary N) is 1. The lowest BCUT2D eigenvalue weighted by Gasteiger charge is -2.46. The molecular formula is C75H127NO13. The predicted molar refractivity (Wildman–Crippen MR) is 364 cm³/mol. The van der Waals surface area contributed by atoms with E-state index < -0.39 is 86.8 Å². The van der Waals surface area contributed by atoms with Gasteiger partial charge in [-0.1, -0.05) is 277 Å². The molecule has 2 aliphatic heterocycles. The van der Waals surface area contributed by atoms with E-state index in [9.17, 15) is 45.6 Å². The number of aliphatic hydroxyl groups is 8. The first-order valence-corrected chi connectivity index (χ1v) is 35.3. The quantitative estimate of drug-likeness (QED) is 0.0204. The molecule has 2 aliphatic rings. The topological polar surface area (TPSA) is 228 Å². The normalized spacial score (nSPS) is 23.8. The van der Waals surface area contributed by atoms with Gasteiger partial charge in [0, 0.05) is 6.42 Å². The summed E-state index contributed by atoms with van der Waals surface area (Å²) in [5, 5.41) is 87.4. The van der Waals surface area contributed by atoms with Crippen LogP contribution in [-0.4, -0.2) is 140 Å². The van der Waals surface area contributed by atoms with Crippen molar-refractivity contribution in [1.82, 2.24) is 5.32 Å². The molecule has 2 rings (SSSR count). The molecule has 0 radical (unpaired) electrons. The Morgan fingerprint density at radius 3 is 1.19 bits per heavy atom. The maximum atomic E-state index is 13.3. The van der Waals surface area contributed by atoms with Crippen LogP contribution >= 0.6 is 0 Å². The molecular weight excluding hydrogens is 1120 g/mol. The maximum Gasteiger partial charge on any atom is 0.220 e. The number of rotatable bonds is 56. The van der Waals surface area contributed by atoms with Crippen LogP contribution in [-0.2, 0) is 23.7 Å². The van der Waals surface area contributed by atoms with Gasteiger partial charge in [0.05, 0.1) is 32.0 Å². The number of ether oxygens (including phenoxy) is 4. The Bertz CT molecular complexity index is 1960. The Morgan fingerprint density at radius 2 is 0.775 bits per heavy atom. The van der Waals surface area contributed by atoms with E-state index in [1.165, 1.54) is 128 Å². The van der Waals surface area contributed by atoms with E-state index in [1.807, 2.05) is 6.08 Å². The molecule has 0 aromatic heterocycles. The molecule has 0 bridgehead atoms. The zero-order chi connectivity index (χ0) is 64.5. The minimum Gasteiger partial charge on any atom is -0.394 e. The van der Waals surface area contributed by atoms with Crippen molar-refractivity contribution in [2.24, 2.45) is 0 Å². The minimum absolute atomic E-state index is 0.233. The molecule has 12 unspecified atom stereocenters. The number of aliphatic hydroxyl groups excluding tert-OH is 8. The molecule has 9 N–H and O–H groups in total. The highest BCUT2D eigenvalue weighted by molar-refractivity contribution is 5.76. The summed E-state index contributed by atoms with van der Waals surface area (Å²) in [6.07, 6.45) is 68.1. The smallest absolute Gasteiger partial charge is 0.220 e. The zero-order valence-electron chi connectivity index (χ0n) is 55.4. The van der Waals surface area contributed by atoms with E-state index in [-0.39, 0.29) is 18.9 Å². The molecule has 14 nitrogen and oxygen atoms in total. The standard InChI is InChI=1S/C75H127NO13/c1-3-5-7-9-11-13-15-17-19-21-23-25-27-29-30-31-32-33-34-35-37-39-41-43-45-47-49-51-53-55-57-59-67(80)76-63(62-86-74-72(85)70(83)73(66(61-78)88-74)89-75-71(84)69(82)68(81)65(60-77)87-75)64(79)58-56-54-52-50-48-46-44-42-40-38-36-28-26-24-22-20-18-16-14-12-10-8-6-4-2/h5,7,11,13,17,19,23,25,29-30,32-33,35,37,41,43,47,49,56,58,63-66,68-75,77-79,81-85H,3-4,6,8-10,12,14-16,18,20-22,24,26-28,31,34,36,38-40,42,44-46,48,50-55,57,59-62H2,1-2H3,(H,76,80)/b7-5-,13-11-,19-17-,25-23-,30-29-,33-32-,37-35-,43-41-,49-47-,58-56+. The summed E-state index contributed by atoms with van der Waals surface area (Å²) in [4.78, 5) is 13.3. The van der Waals surface area contributed by atoms with Crippen molar-refractivity contribution in [1.29, 1.82) is 0 Å². The molecule has 2 heterocycles. The lowest BCUT2D eigenvalue weighted by atomic mass is 9.97. The van der Waals surface area contributed by atoms with Crippen LogP contribution in [0.1, 0.15) is 251 Å². The zero-order valence-corrected chi connectivity index (χ0v) is 55.4. The van der Waals surface area contributed by atoms with Gasteiger partial charge in [0.1, 0.15) is 48.8 Å². The Morgan fingerprint density at radius 1 is 0.416 bits per heavy atom. The number of hydrogen-bond acceptors (Lipinski definition) is 13. The summed E-state index contributed by atoms with van der Waals surface area (Å²) >= 11 is 0. The van der Waals surface area contributed by atoms with Crippen LogP contribution in [0.2, 0.25) is 0 Å². The van der Waals surface area contributed by atoms with Gasteiger partial charge >= 0.3 is 0 Å². The van der Waals surface area contributed by atoms with Crippen molar-refractivity contribution in [3.8, 4) is 0 Å². The lowest BCUT2D eigenvalue weighted by Crippen LogP contribution is -2.65. The molecule has 0 aliphatic carbocycles. The largest absolute Gasteiger partial charge is 0.394 e. The monoisotopic (exact) mass is 1250 g/mol. The first kappa shape index (κ1) is 81.5. The maximum absolute atomic E-state index is 13.3. The van der Waals surface area contributed by atoms with E-state index in [1.54, 1.807) is 6.08 Å². The molecule has 12 atom stereocenters. The van der Waals surface area contributed by atoms with Crippen LogP contribution in [0.5, 0.6) is 0 Å². The van der Waals surface area contributed by atoms with Gasteiger partial charge in [-0.3, -0.25) is 4.79 Å². The summed E-state index contributed by atoms with van der Waals surface area (Å²) in [5.74, 6) is -0.274. The third-order valence-corrected chi connectivity index (χ3v) is 16.4. The van der Waals surface area contributed by atoms with Crippen LogP contribution in [0.25, 0.3) is 0 Å². The number of carbonyl (C=O) groups excluding carboxylic acids is 1. The summed E-state index contributed by atoms with van der Waals surface area (Å²) in [6.45, 7) is 2.68. The summed E-state index contributed by atoms with van der Waals surface area (Å²) in [5.41, 5.74) is 0. The van der Waals surface area contributed by atoms with E-state index in [2.05, 4.69) is 129 Å². The molecule has 1 amide bonds. The van der Waals surface area contributed by atoms with Crippen LogP contribution in [0.4, 0.5) is 0 Å². The summed E-state index contributed by atoms with van der Waals surface area (Å²) in [6, 6.07) is -0.944. The fraction of sp³-hybridized carbons (Fsp3) is 0.720. The molecule has 0 aromatic carbocycles. The van der Waals surface area contributed by atoms with E-state index in [0.717, 1.165) is 96.3 Å². The average Bonchev–Trinajstić information content (AvgIpc) is 2.53. The van der Waals surface area contributed by atoms with Crippen LogP contribution in [0.15, 0.2) is 122 Å². The van der Waals surface area contributed by atoms with Crippen molar-refractivity contribution in [3.63, 3.8) is 0 Å². The van der Waals surface area contributed by atoms with Crippen molar-refractivity contribution < 1.29 is 64.6 Å². The third-order valence-electron chi connectivity index (χ3n) is 16.4. The van der Waals surface area contributed by atoms with Gasteiger partial charge in [-0.25, -0.2) is 0 Å². The van der Waals surface area contributed by atoms with E-state index in [4.69, 9.17) is 18.9 Å². The van der Waals surface area contributed by atoms with Gasteiger partial charge in [0.2, 0.25) is 5.91 Å². The second-order valence-electron chi connectivity index (χ2n) is 24.3. The number of amides is 1. The SMILES string of the molecule is CC/C=C\C/C=C\C/C=C\C/C=C\C/C=C\C/C=C\C/C=C\C/C=C\C/C=C\CCCCCC(=O)NC(COC1OC(CO)C(OC2OC(CO)C(O)C(O)C2O)C(O)C1O)C(O)/C=C/CCCCCCCCCCCCCCCCCCCCCCCC. The van der Waals surface area contributed by atoms with Crippen molar-refractivity contribution in [3.05, 3.63) is 122 Å². The summed E-state index contributed by atoms with van der Waals surface area (Å²) in [7, 11) is 0. The highest BCUT2D eigenvalue weighted by Crippen LogP contribution is 2.30. The van der Waals surface area contributed by atoms with Crippen LogP contribution in [0, 0.1) is 0 Å². The molecule has 0 saturated carbocycles. The fourth-order valence-corrected chi connectivity index (χ4v) is 10.8. The fourth-order valence-electron chi connectivity index (χ4n) is 10.8. The van der Waals surface area contributed by atoms with Crippen molar-refractivity contribution >= 4 is 5.91 Å². The first-order chi connectivity index (χ1) is 43.6. The third kappa shape index (κ3) is 42.3.